The van der Waals surface area contributed by atoms with Crippen LogP contribution in [0, 0.1) is 24.0 Å². The third-order valence-corrected chi connectivity index (χ3v) is 5.93. The normalized spacial score (nSPS) is 13.7. The predicted molar refractivity (Wildman–Crippen MR) is 125 cm³/mol. The third kappa shape index (κ3) is 4.19. The Bertz CT molecular complexity index is 1390. The van der Waals surface area contributed by atoms with Gasteiger partial charge < -0.3 is 28.3 Å². The summed E-state index contributed by atoms with van der Waals surface area (Å²) in [6.07, 6.45) is 0. The summed E-state index contributed by atoms with van der Waals surface area (Å²) in [7, 11) is 0. The van der Waals surface area contributed by atoms with E-state index in [2.05, 4.69) is 0 Å². The molecule has 11 heteroatoms. The van der Waals surface area contributed by atoms with Crippen LogP contribution in [0.4, 0.5) is 5.69 Å². The van der Waals surface area contributed by atoms with E-state index in [-0.39, 0.29) is 30.3 Å². The fourth-order valence-electron chi connectivity index (χ4n) is 4.29. The van der Waals surface area contributed by atoms with Crippen molar-refractivity contribution in [2.75, 3.05) is 33.0 Å². The molecule has 3 aromatic rings. The van der Waals surface area contributed by atoms with E-state index in [0.29, 0.717) is 36.0 Å². The van der Waals surface area contributed by atoms with E-state index in [9.17, 15) is 19.7 Å². The molecule has 0 N–H and O–H groups in total. The van der Waals surface area contributed by atoms with Crippen LogP contribution in [-0.4, -0.2) is 54.3 Å². The van der Waals surface area contributed by atoms with E-state index >= 15 is 0 Å². The SMILES string of the molecule is Cc1cc(C(=O)COC(=O)c2cc3c(cc2[N+](=O)[O-])OCCO3)c(C)n1-c1ccc2c(c1)OCCO2. The van der Waals surface area contributed by atoms with Crippen LogP contribution < -0.4 is 18.9 Å². The van der Waals surface area contributed by atoms with E-state index in [0.717, 1.165) is 17.4 Å². The lowest BCUT2D eigenvalue weighted by molar-refractivity contribution is -0.385. The van der Waals surface area contributed by atoms with Crippen molar-refractivity contribution in [2.24, 2.45) is 0 Å². The smallest absolute Gasteiger partial charge is 0.345 e. The van der Waals surface area contributed by atoms with Crippen molar-refractivity contribution in [2.45, 2.75) is 13.8 Å². The van der Waals surface area contributed by atoms with Gasteiger partial charge in [0.25, 0.3) is 5.69 Å². The van der Waals surface area contributed by atoms with E-state index in [4.69, 9.17) is 23.7 Å². The highest BCUT2D eigenvalue weighted by Crippen LogP contribution is 2.37. The van der Waals surface area contributed by atoms with Crippen LogP contribution in [0.25, 0.3) is 5.69 Å². The minimum absolute atomic E-state index is 0.173. The summed E-state index contributed by atoms with van der Waals surface area (Å²) in [6, 6.07) is 9.54. The molecule has 0 fully saturated rings. The molecule has 0 saturated heterocycles. The summed E-state index contributed by atoms with van der Waals surface area (Å²) >= 11 is 0. The Morgan fingerprint density at radius 3 is 2.17 bits per heavy atom. The Morgan fingerprint density at radius 1 is 0.889 bits per heavy atom. The van der Waals surface area contributed by atoms with Gasteiger partial charge in [-0.1, -0.05) is 0 Å². The molecule has 36 heavy (non-hydrogen) atoms. The molecular weight excluding hydrogens is 472 g/mol. The molecule has 1 aromatic heterocycles. The summed E-state index contributed by atoms with van der Waals surface area (Å²) < 4.78 is 29.0. The number of carbonyl (C=O) groups is 2. The fourth-order valence-corrected chi connectivity index (χ4v) is 4.29. The number of Topliss-reactive ketones (excluding diaryl/α,β-unsaturated/α-hetero) is 1. The number of nitrogens with zero attached hydrogens (tertiary/aromatic N) is 2. The number of rotatable bonds is 6. The average Bonchev–Trinajstić information content (AvgIpc) is 3.19. The molecule has 2 aromatic carbocycles. The predicted octanol–water partition coefficient (Wildman–Crippen LogP) is 3.58. The van der Waals surface area contributed by atoms with E-state index < -0.39 is 29.0 Å². The maximum Gasteiger partial charge on any atom is 0.345 e. The second-order valence-corrected chi connectivity index (χ2v) is 8.22. The van der Waals surface area contributed by atoms with Crippen LogP contribution in [0.5, 0.6) is 23.0 Å². The number of aromatic nitrogens is 1. The number of esters is 1. The van der Waals surface area contributed by atoms with E-state index in [1.54, 1.807) is 13.0 Å². The Labute approximate surface area is 205 Å². The number of benzene rings is 2. The lowest BCUT2D eigenvalue weighted by atomic mass is 10.1. The van der Waals surface area contributed by atoms with Gasteiger partial charge in [0.1, 0.15) is 32.0 Å². The first-order valence-electron chi connectivity index (χ1n) is 11.2. The molecule has 0 amide bonds. The molecule has 0 aliphatic carbocycles. The van der Waals surface area contributed by atoms with Gasteiger partial charge in [0.2, 0.25) is 5.78 Å². The van der Waals surface area contributed by atoms with Crippen molar-refractivity contribution in [3.8, 4) is 28.7 Å². The van der Waals surface area contributed by atoms with Gasteiger partial charge in [0, 0.05) is 34.8 Å². The Balaban J connectivity index is 1.35. The van der Waals surface area contributed by atoms with Crippen LogP contribution in [0.15, 0.2) is 36.4 Å². The maximum absolute atomic E-state index is 13.0. The van der Waals surface area contributed by atoms with Gasteiger partial charge >= 0.3 is 5.97 Å². The highest BCUT2D eigenvalue weighted by molar-refractivity contribution is 6.01. The number of hydrogen-bond donors (Lipinski definition) is 0. The van der Waals surface area contributed by atoms with Crippen LogP contribution in [0.1, 0.15) is 32.1 Å². The van der Waals surface area contributed by atoms with Gasteiger partial charge in [-0.05, 0) is 32.0 Å². The van der Waals surface area contributed by atoms with Crippen molar-refractivity contribution < 1.29 is 38.2 Å². The van der Waals surface area contributed by atoms with Crippen molar-refractivity contribution in [3.05, 3.63) is 69.0 Å². The van der Waals surface area contributed by atoms with Crippen LogP contribution >= 0.6 is 0 Å². The maximum atomic E-state index is 13.0. The fraction of sp³-hybridized carbons (Fsp3) is 0.280. The third-order valence-electron chi connectivity index (χ3n) is 5.93. The first-order chi connectivity index (χ1) is 17.3. The first-order valence-corrected chi connectivity index (χ1v) is 11.2. The summed E-state index contributed by atoms with van der Waals surface area (Å²) in [6.45, 7) is 4.48. The standard InChI is InChI=1S/C25H22N2O9/c1-14-9-17(15(2)26(14)16-3-4-21-22(10-16)33-6-5-32-21)20(28)13-36-25(29)18-11-23-24(35-8-7-34-23)12-19(18)27(30)31/h3-4,9-12H,5-8,13H2,1-2H3. The van der Waals surface area contributed by atoms with E-state index in [1.807, 2.05) is 29.7 Å². The average molecular weight is 494 g/mol. The number of aryl methyl sites for hydroxylation is 1. The van der Waals surface area contributed by atoms with Gasteiger partial charge in [-0.3, -0.25) is 14.9 Å². The van der Waals surface area contributed by atoms with Crippen LogP contribution in [0.2, 0.25) is 0 Å². The molecule has 0 saturated carbocycles. The number of ketones is 1. The molecular formula is C25H22N2O9. The molecule has 0 spiro atoms. The minimum atomic E-state index is -1.01. The Morgan fingerprint density at radius 2 is 1.50 bits per heavy atom. The van der Waals surface area contributed by atoms with Crippen molar-refractivity contribution in [3.63, 3.8) is 0 Å². The minimum Gasteiger partial charge on any atom is -0.486 e. The summed E-state index contributed by atoms with van der Waals surface area (Å²) in [5, 5.41) is 11.5. The molecule has 3 heterocycles. The number of ether oxygens (including phenoxy) is 5. The number of nitro groups is 1. The number of carbonyl (C=O) groups excluding carboxylic acids is 2. The van der Waals surface area contributed by atoms with E-state index in [1.165, 1.54) is 6.07 Å². The van der Waals surface area contributed by atoms with Gasteiger partial charge in [0.15, 0.2) is 29.6 Å². The number of hydrogen-bond acceptors (Lipinski definition) is 9. The topological polar surface area (TPSA) is 128 Å². The van der Waals surface area contributed by atoms with Gasteiger partial charge in [-0.25, -0.2) is 4.79 Å². The zero-order valence-electron chi connectivity index (χ0n) is 19.6. The van der Waals surface area contributed by atoms with Crippen molar-refractivity contribution in [1.82, 2.24) is 4.57 Å². The molecule has 186 valence electrons. The lowest BCUT2D eigenvalue weighted by Crippen LogP contribution is -2.18. The largest absolute Gasteiger partial charge is 0.486 e. The zero-order chi connectivity index (χ0) is 25.4. The quantitative estimate of drug-likeness (QED) is 0.218. The first kappa shape index (κ1) is 23.2. The second kappa shape index (κ2) is 9.25. The van der Waals surface area contributed by atoms with Gasteiger partial charge in [0.05, 0.1) is 11.0 Å². The highest BCUT2D eigenvalue weighted by atomic mass is 16.6. The molecule has 2 aliphatic heterocycles. The Kier molecular flexibility index (Phi) is 5.96. The molecule has 2 aliphatic rings. The lowest BCUT2D eigenvalue weighted by Gasteiger charge is -2.20. The van der Waals surface area contributed by atoms with Crippen molar-refractivity contribution in [1.29, 1.82) is 0 Å². The van der Waals surface area contributed by atoms with Crippen molar-refractivity contribution >= 4 is 17.4 Å². The molecule has 0 radical (unpaired) electrons. The molecule has 0 unspecified atom stereocenters. The second-order valence-electron chi connectivity index (χ2n) is 8.22. The van der Waals surface area contributed by atoms with Crippen LogP contribution in [-0.2, 0) is 4.74 Å². The van der Waals surface area contributed by atoms with Gasteiger partial charge in [-0.2, -0.15) is 0 Å². The highest BCUT2D eigenvalue weighted by Gasteiger charge is 2.28. The monoisotopic (exact) mass is 494 g/mol. The van der Waals surface area contributed by atoms with Crippen LogP contribution in [0.3, 0.4) is 0 Å². The number of fused-ring (bicyclic) bond motifs is 2. The van der Waals surface area contributed by atoms with Gasteiger partial charge in [-0.15, -0.1) is 0 Å². The molecule has 0 bridgehead atoms. The summed E-state index contributed by atoms with van der Waals surface area (Å²) in [5.41, 5.74) is 1.79. The Hall–Kier alpha value is -4.54. The summed E-state index contributed by atoms with van der Waals surface area (Å²) in [4.78, 5) is 36.5. The number of nitro benzene ring substituents is 1. The zero-order valence-corrected chi connectivity index (χ0v) is 19.6. The molecule has 0 atom stereocenters. The summed E-state index contributed by atoms with van der Waals surface area (Å²) in [5.74, 6) is 0.200. The molecule has 11 nitrogen and oxygen atoms in total. The molecule has 5 rings (SSSR count).